The molecule has 27 heavy (non-hydrogen) atoms. The van der Waals surface area contributed by atoms with E-state index >= 15 is 0 Å². The predicted octanol–water partition coefficient (Wildman–Crippen LogP) is 4.18. The monoisotopic (exact) mass is 396 g/mol. The lowest BCUT2D eigenvalue weighted by Gasteiger charge is -2.24. The fourth-order valence-electron chi connectivity index (χ4n) is 3.13. The highest BCUT2D eigenvalue weighted by Crippen LogP contribution is 2.24. The molecule has 1 aromatic rings. The third-order valence-corrected chi connectivity index (χ3v) is 6.11. The first-order chi connectivity index (χ1) is 12.7. The van der Waals surface area contributed by atoms with Crippen LogP contribution < -0.4 is 9.62 Å². The van der Waals surface area contributed by atoms with Gasteiger partial charge < -0.3 is 5.32 Å². The lowest BCUT2D eigenvalue weighted by molar-refractivity contribution is -0.121. The van der Waals surface area contributed by atoms with Crippen LogP contribution in [0.15, 0.2) is 18.2 Å². The van der Waals surface area contributed by atoms with Crippen molar-refractivity contribution in [2.24, 2.45) is 5.92 Å². The van der Waals surface area contributed by atoms with Crippen LogP contribution in [0.1, 0.15) is 63.5 Å². The highest BCUT2D eigenvalue weighted by Gasteiger charge is 2.19. The summed E-state index contributed by atoms with van der Waals surface area (Å²) in [4.78, 5) is 12.1. The van der Waals surface area contributed by atoms with Gasteiger partial charge in [0, 0.05) is 19.5 Å². The Balaban J connectivity index is 2.60. The van der Waals surface area contributed by atoms with Crippen LogP contribution in [0.5, 0.6) is 0 Å². The van der Waals surface area contributed by atoms with Crippen molar-refractivity contribution in [3.63, 3.8) is 0 Å². The maximum Gasteiger partial charge on any atom is 0.232 e. The topological polar surface area (TPSA) is 66.5 Å². The van der Waals surface area contributed by atoms with Crippen LogP contribution >= 0.6 is 0 Å². The molecule has 0 aliphatic rings. The van der Waals surface area contributed by atoms with Crippen molar-refractivity contribution in [1.82, 2.24) is 5.32 Å². The van der Waals surface area contributed by atoms with Gasteiger partial charge in [0.1, 0.15) is 0 Å². The molecular weight excluding hydrogens is 360 g/mol. The van der Waals surface area contributed by atoms with Crippen molar-refractivity contribution in [2.45, 2.75) is 66.2 Å². The lowest BCUT2D eigenvalue weighted by atomic mass is 9.99. The van der Waals surface area contributed by atoms with Gasteiger partial charge in [-0.25, -0.2) is 8.42 Å². The summed E-state index contributed by atoms with van der Waals surface area (Å²) in [7, 11) is -3.39. The van der Waals surface area contributed by atoms with Gasteiger partial charge in [-0.1, -0.05) is 45.2 Å². The molecule has 1 rings (SSSR count). The van der Waals surface area contributed by atoms with Crippen molar-refractivity contribution in [1.29, 1.82) is 0 Å². The lowest BCUT2D eigenvalue weighted by Crippen LogP contribution is -2.33. The Morgan fingerprint density at radius 1 is 1.19 bits per heavy atom. The summed E-state index contributed by atoms with van der Waals surface area (Å²) < 4.78 is 25.9. The zero-order chi connectivity index (χ0) is 20.4. The fourth-order valence-corrected chi connectivity index (χ4v) is 4.14. The van der Waals surface area contributed by atoms with Gasteiger partial charge in [0.25, 0.3) is 0 Å². The largest absolute Gasteiger partial charge is 0.356 e. The zero-order valence-electron chi connectivity index (χ0n) is 17.5. The Labute approximate surface area is 165 Å². The Morgan fingerprint density at radius 2 is 1.89 bits per heavy atom. The molecule has 1 atom stereocenters. The van der Waals surface area contributed by atoms with E-state index in [0.29, 0.717) is 37.5 Å². The molecule has 0 bridgehead atoms. The number of benzene rings is 1. The number of carbonyl (C=O) groups excluding carboxylic acids is 1. The van der Waals surface area contributed by atoms with Crippen molar-refractivity contribution in [3.05, 3.63) is 29.3 Å². The summed E-state index contributed by atoms with van der Waals surface area (Å²) in [5, 5.41) is 3.01. The highest BCUT2D eigenvalue weighted by molar-refractivity contribution is 7.92. The summed E-state index contributed by atoms with van der Waals surface area (Å²) in [6.45, 7) is 9.20. The summed E-state index contributed by atoms with van der Waals surface area (Å²) in [5.41, 5.74) is 2.63. The van der Waals surface area contributed by atoms with Gasteiger partial charge in [-0.2, -0.15) is 0 Å². The second kappa shape index (κ2) is 11.3. The minimum absolute atomic E-state index is 0.000589. The number of rotatable bonds is 12. The number of unbranched alkanes of at least 4 members (excludes halogenated alkanes) is 1. The molecule has 1 aromatic carbocycles. The van der Waals surface area contributed by atoms with Gasteiger partial charge in [-0.15, -0.1) is 0 Å². The van der Waals surface area contributed by atoms with Gasteiger partial charge in [0.2, 0.25) is 15.9 Å². The Morgan fingerprint density at radius 3 is 2.48 bits per heavy atom. The fraction of sp³-hybridized carbons (Fsp3) is 0.667. The summed E-state index contributed by atoms with van der Waals surface area (Å²) in [6, 6.07) is 5.78. The van der Waals surface area contributed by atoms with E-state index < -0.39 is 10.0 Å². The Kier molecular flexibility index (Phi) is 9.84. The minimum Gasteiger partial charge on any atom is -0.356 e. The average Bonchev–Trinajstić information content (AvgIpc) is 2.60. The smallest absolute Gasteiger partial charge is 0.232 e. The van der Waals surface area contributed by atoms with Gasteiger partial charge >= 0.3 is 0 Å². The minimum atomic E-state index is -3.39. The quantitative estimate of drug-likeness (QED) is 0.576. The van der Waals surface area contributed by atoms with Crippen molar-refractivity contribution in [3.8, 4) is 0 Å². The van der Waals surface area contributed by atoms with Crippen molar-refractivity contribution in [2.75, 3.05) is 23.7 Å². The molecule has 0 saturated carbocycles. The molecule has 0 heterocycles. The summed E-state index contributed by atoms with van der Waals surface area (Å²) >= 11 is 0. The van der Waals surface area contributed by atoms with Crippen LogP contribution in [-0.2, 0) is 14.8 Å². The van der Waals surface area contributed by atoms with E-state index in [2.05, 4.69) is 19.2 Å². The number of nitrogens with one attached hydrogen (secondary N) is 1. The van der Waals surface area contributed by atoms with Crippen molar-refractivity contribution < 1.29 is 13.2 Å². The number of aryl methyl sites for hydroxylation is 2. The van der Waals surface area contributed by atoms with E-state index in [9.17, 15) is 13.2 Å². The number of sulfonamides is 1. The van der Waals surface area contributed by atoms with Crippen LogP contribution in [-0.4, -0.2) is 33.7 Å². The first kappa shape index (κ1) is 23.5. The Hall–Kier alpha value is -1.56. The molecule has 0 aromatic heterocycles. The molecule has 0 saturated heterocycles. The molecule has 0 aliphatic heterocycles. The summed E-state index contributed by atoms with van der Waals surface area (Å²) in [6.07, 6.45) is 6.61. The molecule has 0 unspecified atom stereocenters. The standard InChI is InChI=1S/C21H36N2O3S/c1-6-8-10-19(7-2)16-22-21(24)11-9-14-23(27(5,25)26)20-15-17(3)12-13-18(20)4/h12-13,15,19H,6-11,14,16H2,1-5H3,(H,22,24)/t19-/m1/s1. The molecule has 5 nitrogen and oxygen atoms in total. The van der Waals surface area contributed by atoms with E-state index in [-0.39, 0.29) is 5.91 Å². The number of hydrogen-bond acceptors (Lipinski definition) is 3. The van der Waals surface area contributed by atoms with E-state index in [0.717, 1.165) is 24.0 Å². The molecule has 0 spiro atoms. The molecule has 6 heteroatoms. The first-order valence-electron chi connectivity index (χ1n) is 10.0. The van der Waals surface area contributed by atoms with Crippen LogP contribution in [0, 0.1) is 19.8 Å². The van der Waals surface area contributed by atoms with E-state index in [1.807, 2.05) is 32.0 Å². The van der Waals surface area contributed by atoms with Gasteiger partial charge in [0.05, 0.1) is 11.9 Å². The molecule has 1 amide bonds. The number of anilines is 1. The summed E-state index contributed by atoms with van der Waals surface area (Å²) in [5.74, 6) is 0.524. The number of amides is 1. The van der Waals surface area contributed by atoms with Crippen LogP contribution in [0.3, 0.4) is 0 Å². The van der Waals surface area contributed by atoms with Crippen LogP contribution in [0.4, 0.5) is 5.69 Å². The van der Waals surface area contributed by atoms with Gasteiger partial charge in [0.15, 0.2) is 0 Å². The molecule has 0 radical (unpaired) electrons. The third kappa shape index (κ3) is 8.33. The predicted molar refractivity (Wildman–Crippen MR) is 114 cm³/mol. The van der Waals surface area contributed by atoms with Gasteiger partial charge in [-0.05, 0) is 49.8 Å². The SMILES string of the molecule is CCCC[C@@H](CC)CNC(=O)CCCN(c1cc(C)ccc1C)S(C)(=O)=O. The number of hydrogen-bond donors (Lipinski definition) is 1. The van der Waals surface area contributed by atoms with E-state index in [1.54, 1.807) is 0 Å². The maximum absolute atomic E-state index is 12.3. The normalized spacial score (nSPS) is 12.6. The number of nitrogens with zero attached hydrogens (tertiary/aromatic N) is 1. The first-order valence-corrected chi connectivity index (χ1v) is 11.9. The molecule has 0 fully saturated rings. The number of carbonyl (C=O) groups is 1. The Bertz CT molecular complexity index is 701. The maximum atomic E-state index is 12.3. The van der Waals surface area contributed by atoms with Gasteiger partial charge in [-0.3, -0.25) is 9.10 Å². The molecule has 1 N–H and O–H groups in total. The molecular formula is C21H36N2O3S. The zero-order valence-corrected chi connectivity index (χ0v) is 18.4. The van der Waals surface area contributed by atoms with Crippen molar-refractivity contribution >= 4 is 21.6 Å². The van der Waals surface area contributed by atoms with Crippen LogP contribution in [0.2, 0.25) is 0 Å². The van der Waals surface area contributed by atoms with E-state index in [4.69, 9.17) is 0 Å². The van der Waals surface area contributed by atoms with Crippen LogP contribution in [0.25, 0.3) is 0 Å². The second-order valence-corrected chi connectivity index (χ2v) is 9.36. The second-order valence-electron chi connectivity index (χ2n) is 7.45. The highest BCUT2D eigenvalue weighted by atomic mass is 32.2. The van der Waals surface area contributed by atoms with E-state index in [1.165, 1.54) is 23.4 Å². The average molecular weight is 397 g/mol. The molecule has 0 aliphatic carbocycles. The third-order valence-electron chi connectivity index (χ3n) is 4.93. The molecule has 154 valence electrons.